The van der Waals surface area contributed by atoms with E-state index >= 15 is 0 Å². The number of carbonyl (C=O) groups is 6. The van der Waals surface area contributed by atoms with Gasteiger partial charge in [0.15, 0.2) is 0 Å². The zero-order valence-corrected chi connectivity index (χ0v) is 28.9. The first kappa shape index (κ1) is 40.7. The van der Waals surface area contributed by atoms with Gasteiger partial charge in [0.1, 0.15) is 18.9 Å². The lowest BCUT2D eigenvalue weighted by atomic mass is 9.83. The summed E-state index contributed by atoms with van der Waals surface area (Å²) in [6.07, 6.45) is 9.60. The molecule has 0 spiro atoms. The molecule has 6 atom stereocenters. The van der Waals surface area contributed by atoms with Crippen LogP contribution in [0.15, 0.2) is 4.99 Å². The van der Waals surface area contributed by atoms with Crippen molar-refractivity contribution in [3.05, 3.63) is 0 Å². The number of rotatable bonds is 14. The molecule has 4 N–H and O–H groups in total. The molecule has 13 nitrogen and oxygen atoms in total. The van der Waals surface area contributed by atoms with Crippen molar-refractivity contribution in [1.82, 2.24) is 31.1 Å². The predicted octanol–water partition coefficient (Wildman–Crippen LogP) is 2.22. The standard InChI is InChI=1S/C28H48N6O5.C4H9N.CH2O/c1-5-16-30-26(37)24(35)21(14-10-17-29-4)32-25(36)22-15-11-18-34(22)27(38)23(20-12-8-7-9-13-20)33-28(39)31-19(3)6-2;1-4-3-5(4)2;1-2/h17,19-23H,5-16,18H2,1-4H3,(H,30,37)(H,32,36)(H2,31,33,39);4H,3H2,1-2H3;1H2. The van der Waals surface area contributed by atoms with Crippen LogP contribution in [-0.4, -0.2) is 116 Å². The second kappa shape index (κ2) is 22.2. The average Bonchev–Trinajstić information content (AvgIpc) is 3.49. The van der Waals surface area contributed by atoms with E-state index in [1.54, 1.807) is 18.2 Å². The molecule has 0 bridgehead atoms. The fourth-order valence-electron chi connectivity index (χ4n) is 5.60. The van der Waals surface area contributed by atoms with Gasteiger partial charge in [0.2, 0.25) is 17.6 Å². The van der Waals surface area contributed by atoms with Gasteiger partial charge in [-0.2, -0.15) is 0 Å². The smallest absolute Gasteiger partial charge is 0.315 e. The van der Waals surface area contributed by atoms with E-state index in [-0.39, 0.29) is 30.3 Å². The van der Waals surface area contributed by atoms with Crippen LogP contribution in [0.3, 0.4) is 0 Å². The molecule has 0 aromatic rings. The highest BCUT2D eigenvalue weighted by atomic mass is 16.2. The van der Waals surface area contributed by atoms with E-state index in [2.05, 4.69) is 45.1 Å². The fourth-order valence-corrected chi connectivity index (χ4v) is 5.60. The van der Waals surface area contributed by atoms with Crippen LogP contribution in [0.2, 0.25) is 0 Å². The van der Waals surface area contributed by atoms with Gasteiger partial charge in [-0.3, -0.25) is 19.2 Å². The van der Waals surface area contributed by atoms with E-state index in [0.29, 0.717) is 38.8 Å². The van der Waals surface area contributed by atoms with Crippen molar-refractivity contribution in [2.75, 3.05) is 33.7 Å². The Labute approximate surface area is 275 Å². The molecule has 5 amide bonds. The number of likely N-dealkylation sites (N-methyl/N-ethyl adjacent to an activating group) is 1. The molecule has 1 aliphatic carbocycles. The molecule has 3 aliphatic rings. The van der Waals surface area contributed by atoms with Crippen LogP contribution >= 0.6 is 0 Å². The van der Waals surface area contributed by atoms with E-state index in [9.17, 15) is 24.0 Å². The van der Waals surface area contributed by atoms with E-state index in [1.165, 1.54) is 6.54 Å². The van der Waals surface area contributed by atoms with Crippen molar-refractivity contribution in [2.24, 2.45) is 10.9 Å². The van der Waals surface area contributed by atoms with E-state index in [1.807, 2.05) is 27.6 Å². The van der Waals surface area contributed by atoms with Crippen molar-refractivity contribution in [3.8, 4) is 0 Å². The minimum absolute atomic E-state index is 0.00293. The third-order valence-corrected chi connectivity index (χ3v) is 8.83. The molecule has 13 heteroatoms. The highest BCUT2D eigenvalue weighted by molar-refractivity contribution is 6.38. The quantitative estimate of drug-likeness (QED) is 0.127. The van der Waals surface area contributed by atoms with Crippen molar-refractivity contribution in [2.45, 2.75) is 129 Å². The van der Waals surface area contributed by atoms with Gasteiger partial charge in [-0.15, -0.1) is 0 Å². The number of amides is 5. The Balaban J connectivity index is 0.00000135. The first-order valence-corrected chi connectivity index (χ1v) is 16.9. The number of carbonyl (C=O) groups excluding carboxylic acids is 6. The number of ketones is 1. The monoisotopic (exact) mass is 649 g/mol. The molecule has 2 aliphatic heterocycles. The summed E-state index contributed by atoms with van der Waals surface area (Å²) >= 11 is 0. The highest BCUT2D eigenvalue weighted by Gasteiger charge is 2.41. The highest BCUT2D eigenvalue weighted by Crippen LogP contribution is 2.29. The van der Waals surface area contributed by atoms with Crippen molar-refractivity contribution >= 4 is 42.5 Å². The van der Waals surface area contributed by atoms with Gasteiger partial charge in [-0.1, -0.05) is 33.1 Å². The number of nitrogens with one attached hydrogen (secondary N) is 4. The lowest BCUT2D eigenvalue weighted by Crippen LogP contribution is -2.59. The summed E-state index contributed by atoms with van der Waals surface area (Å²) in [7, 11) is 3.75. The fraction of sp³-hybridized carbons (Fsp3) is 0.788. The summed E-state index contributed by atoms with van der Waals surface area (Å²) in [5, 5.41) is 11.1. The zero-order valence-electron chi connectivity index (χ0n) is 28.9. The van der Waals surface area contributed by atoms with Gasteiger partial charge >= 0.3 is 6.03 Å². The third kappa shape index (κ3) is 14.0. The number of urea groups is 1. The van der Waals surface area contributed by atoms with E-state index < -0.39 is 35.7 Å². The van der Waals surface area contributed by atoms with Crippen molar-refractivity contribution in [1.29, 1.82) is 0 Å². The Morgan fingerprint density at radius 3 is 2.15 bits per heavy atom. The van der Waals surface area contributed by atoms with Gasteiger partial charge in [0, 0.05) is 38.8 Å². The number of hydrogen-bond acceptors (Lipinski definition) is 8. The molecule has 2 heterocycles. The molecule has 46 heavy (non-hydrogen) atoms. The van der Waals surface area contributed by atoms with Crippen LogP contribution in [0.25, 0.3) is 0 Å². The Morgan fingerprint density at radius 1 is 0.978 bits per heavy atom. The number of hydrogen-bond donors (Lipinski definition) is 4. The summed E-state index contributed by atoms with van der Waals surface area (Å²) in [6, 6.07) is -2.03. The van der Waals surface area contributed by atoms with Crippen LogP contribution in [0.4, 0.5) is 4.79 Å². The Bertz CT molecular complexity index is 997. The summed E-state index contributed by atoms with van der Waals surface area (Å²) in [4.78, 5) is 81.0. The lowest BCUT2D eigenvalue weighted by Gasteiger charge is -2.35. The lowest BCUT2D eigenvalue weighted by molar-refractivity contribution is -0.143. The Hall–Kier alpha value is -3.35. The molecular formula is C33H59N7O6. The topological polar surface area (TPSA) is 169 Å². The zero-order chi connectivity index (χ0) is 34.6. The molecular weight excluding hydrogens is 590 g/mol. The second-order valence-corrected chi connectivity index (χ2v) is 12.5. The molecule has 6 unspecified atom stereocenters. The van der Waals surface area contributed by atoms with Crippen LogP contribution in [0, 0.1) is 5.92 Å². The van der Waals surface area contributed by atoms with Gasteiger partial charge in [0.05, 0.1) is 6.04 Å². The first-order valence-electron chi connectivity index (χ1n) is 16.9. The molecule has 1 saturated carbocycles. The van der Waals surface area contributed by atoms with Crippen LogP contribution in [0.1, 0.15) is 98.3 Å². The summed E-state index contributed by atoms with van der Waals surface area (Å²) in [6.45, 7) is 12.1. The molecule has 3 rings (SSSR count). The van der Waals surface area contributed by atoms with Gasteiger partial charge in [-0.25, -0.2) is 4.79 Å². The Morgan fingerprint density at radius 2 is 1.61 bits per heavy atom. The first-order chi connectivity index (χ1) is 22.0. The maximum Gasteiger partial charge on any atom is 0.315 e. The second-order valence-electron chi connectivity index (χ2n) is 12.5. The summed E-state index contributed by atoms with van der Waals surface area (Å²) in [5.41, 5.74) is 0. The van der Waals surface area contributed by atoms with Crippen LogP contribution < -0.4 is 21.3 Å². The maximum absolute atomic E-state index is 13.9. The van der Waals surface area contributed by atoms with Crippen LogP contribution in [-0.2, 0) is 24.0 Å². The Kier molecular flexibility index (Phi) is 19.6. The molecule has 3 fully saturated rings. The van der Waals surface area contributed by atoms with Gasteiger partial charge in [0.25, 0.3) is 5.91 Å². The number of Topliss-reactive ketones (excluding diaryl/α,β-unsaturated/α-hetero) is 1. The summed E-state index contributed by atoms with van der Waals surface area (Å²) in [5.74, 6) is -2.16. The minimum atomic E-state index is -1.02. The minimum Gasteiger partial charge on any atom is -0.349 e. The van der Waals surface area contributed by atoms with Crippen molar-refractivity contribution < 1.29 is 28.8 Å². The average molecular weight is 650 g/mol. The van der Waals surface area contributed by atoms with Gasteiger partial charge in [-0.05, 0) is 84.4 Å². The SMILES string of the molecule is C=O.CC1CN1C.CCCNC(=O)C(=O)C(CCC=NC)NC(=O)C1CCCN1C(=O)C(NC(=O)NC(C)CC)C1CCCCC1. The van der Waals surface area contributed by atoms with Crippen LogP contribution in [0.5, 0.6) is 0 Å². The van der Waals surface area contributed by atoms with E-state index in [4.69, 9.17) is 4.79 Å². The predicted molar refractivity (Wildman–Crippen MR) is 180 cm³/mol. The molecule has 0 radical (unpaired) electrons. The third-order valence-electron chi connectivity index (χ3n) is 8.83. The molecule has 0 aromatic heterocycles. The van der Waals surface area contributed by atoms with E-state index in [0.717, 1.165) is 44.6 Å². The molecule has 262 valence electrons. The largest absolute Gasteiger partial charge is 0.349 e. The van der Waals surface area contributed by atoms with Gasteiger partial charge < -0.3 is 40.9 Å². The number of nitrogens with zero attached hydrogens (tertiary/aromatic N) is 3. The number of aliphatic imine (C=N–C) groups is 1. The number of likely N-dealkylation sites (tertiary alicyclic amines) is 1. The summed E-state index contributed by atoms with van der Waals surface area (Å²) < 4.78 is 0. The molecule has 0 aromatic carbocycles. The maximum atomic E-state index is 13.9. The normalized spacial score (nSPS) is 22.6. The van der Waals surface area contributed by atoms with Crippen molar-refractivity contribution in [3.63, 3.8) is 0 Å². The molecule has 2 saturated heterocycles.